The van der Waals surface area contributed by atoms with Crippen molar-refractivity contribution in [2.75, 3.05) is 4.90 Å². The SMILES string of the molecule is Cc1ccccc1CN1C(=O)CC(c2ccc3ccccc3c2)c2c1ccc1ccccc21. The van der Waals surface area contributed by atoms with Gasteiger partial charge in [0.05, 0.1) is 6.54 Å². The second kappa shape index (κ2) is 7.90. The van der Waals surface area contributed by atoms with E-state index in [0.29, 0.717) is 13.0 Å². The van der Waals surface area contributed by atoms with Crippen LogP contribution in [-0.2, 0) is 11.3 Å². The van der Waals surface area contributed by atoms with Gasteiger partial charge in [-0.1, -0.05) is 97.1 Å². The van der Waals surface area contributed by atoms with Crippen LogP contribution in [0.3, 0.4) is 0 Å². The molecule has 2 heteroatoms. The van der Waals surface area contributed by atoms with Crippen molar-refractivity contribution in [1.29, 1.82) is 0 Å². The van der Waals surface area contributed by atoms with Gasteiger partial charge >= 0.3 is 0 Å². The minimum Gasteiger partial charge on any atom is -0.308 e. The molecule has 160 valence electrons. The van der Waals surface area contributed by atoms with Crippen molar-refractivity contribution in [2.45, 2.75) is 25.8 Å². The summed E-state index contributed by atoms with van der Waals surface area (Å²) in [7, 11) is 0. The molecule has 5 aromatic carbocycles. The molecule has 0 bridgehead atoms. The van der Waals surface area contributed by atoms with Crippen molar-refractivity contribution >= 4 is 33.1 Å². The Morgan fingerprint density at radius 2 is 1.45 bits per heavy atom. The van der Waals surface area contributed by atoms with Gasteiger partial charge in [-0.2, -0.15) is 0 Å². The molecular weight excluding hydrogens is 402 g/mol. The number of hydrogen-bond donors (Lipinski definition) is 0. The summed E-state index contributed by atoms with van der Waals surface area (Å²) >= 11 is 0. The Morgan fingerprint density at radius 1 is 0.758 bits per heavy atom. The van der Waals surface area contributed by atoms with Gasteiger partial charge in [-0.05, 0) is 56.8 Å². The van der Waals surface area contributed by atoms with Crippen LogP contribution in [0.25, 0.3) is 21.5 Å². The quantitative estimate of drug-likeness (QED) is 0.294. The van der Waals surface area contributed by atoms with Crippen molar-refractivity contribution in [2.24, 2.45) is 0 Å². The summed E-state index contributed by atoms with van der Waals surface area (Å²) in [4.78, 5) is 15.6. The molecule has 0 saturated carbocycles. The largest absolute Gasteiger partial charge is 0.308 e. The van der Waals surface area contributed by atoms with E-state index in [1.807, 2.05) is 11.0 Å². The van der Waals surface area contributed by atoms with Gasteiger partial charge in [0.15, 0.2) is 0 Å². The molecule has 5 aromatic rings. The highest BCUT2D eigenvalue weighted by atomic mass is 16.2. The molecule has 0 spiro atoms. The topological polar surface area (TPSA) is 20.3 Å². The van der Waals surface area contributed by atoms with Crippen molar-refractivity contribution < 1.29 is 4.79 Å². The van der Waals surface area contributed by atoms with Gasteiger partial charge in [-0.3, -0.25) is 4.79 Å². The highest BCUT2D eigenvalue weighted by Gasteiger charge is 2.33. The smallest absolute Gasteiger partial charge is 0.228 e. The molecular formula is C31H25NO. The summed E-state index contributed by atoms with van der Waals surface area (Å²) in [6.45, 7) is 2.71. The number of hydrogen-bond acceptors (Lipinski definition) is 1. The summed E-state index contributed by atoms with van der Waals surface area (Å²) in [5, 5.41) is 4.89. The minimum absolute atomic E-state index is 0.0383. The van der Waals surface area contributed by atoms with Crippen LogP contribution in [0.15, 0.2) is 103 Å². The van der Waals surface area contributed by atoms with Crippen molar-refractivity contribution in [3.05, 3.63) is 125 Å². The number of amides is 1. The lowest BCUT2D eigenvalue weighted by atomic mass is 9.80. The lowest BCUT2D eigenvalue weighted by Gasteiger charge is -2.36. The van der Waals surface area contributed by atoms with E-state index in [4.69, 9.17) is 0 Å². The van der Waals surface area contributed by atoms with E-state index in [-0.39, 0.29) is 11.8 Å². The number of nitrogens with zero attached hydrogens (tertiary/aromatic N) is 1. The van der Waals surface area contributed by atoms with Gasteiger partial charge in [-0.15, -0.1) is 0 Å². The van der Waals surface area contributed by atoms with Gasteiger partial charge < -0.3 is 4.90 Å². The average Bonchev–Trinajstić information content (AvgIpc) is 2.86. The summed E-state index contributed by atoms with van der Waals surface area (Å²) < 4.78 is 0. The molecule has 0 fully saturated rings. The van der Waals surface area contributed by atoms with Crippen molar-refractivity contribution in [3.8, 4) is 0 Å². The van der Waals surface area contributed by atoms with E-state index in [0.717, 1.165) is 5.69 Å². The molecule has 1 unspecified atom stereocenters. The Kier molecular flexibility index (Phi) is 4.73. The zero-order chi connectivity index (χ0) is 22.4. The number of aryl methyl sites for hydroxylation is 1. The molecule has 1 atom stereocenters. The van der Waals surface area contributed by atoms with Crippen LogP contribution in [0.4, 0.5) is 5.69 Å². The van der Waals surface area contributed by atoms with Crippen LogP contribution in [0.1, 0.15) is 34.6 Å². The summed E-state index contributed by atoms with van der Waals surface area (Å²) in [6, 6.07) is 36.2. The fourth-order valence-electron chi connectivity index (χ4n) is 5.25. The third-order valence-electron chi connectivity index (χ3n) is 7.03. The zero-order valence-electron chi connectivity index (χ0n) is 18.7. The normalized spacial score (nSPS) is 15.7. The first-order valence-corrected chi connectivity index (χ1v) is 11.5. The highest BCUT2D eigenvalue weighted by molar-refractivity contribution is 6.03. The molecule has 0 radical (unpaired) electrons. The fourth-order valence-corrected chi connectivity index (χ4v) is 5.25. The number of anilines is 1. The first-order chi connectivity index (χ1) is 16.2. The van der Waals surface area contributed by atoms with Crippen LogP contribution < -0.4 is 4.90 Å². The lowest BCUT2D eigenvalue weighted by molar-refractivity contribution is -0.119. The predicted molar refractivity (Wildman–Crippen MR) is 137 cm³/mol. The van der Waals surface area contributed by atoms with E-state index in [1.165, 1.54) is 43.8 Å². The molecule has 33 heavy (non-hydrogen) atoms. The van der Waals surface area contributed by atoms with Gasteiger partial charge in [0.1, 0.15) is 0 Å². The first kappa shape index (κ1) is 19.8. The lowest BCUT2D eigenvalue weighted by Crippen LogP contribution is -2.36. The maximum Gasteiger partial charge on any atom is 0.228 e. The van der Waals surface area contributed by atoms with Crippen molar-refractivity contribution in [3.63, 3.8) is 0 Å². The fraction of sp³-hybridized carbons (Fsp3) is 0.129. The molecule has 1 amide bonds. The number of fused-ring (bicyclic) bond motifs is 4. The Balaban J connectivity index is 1.54. The summed E-state index contributed by atoms with van der Waals surface area (Å²) in [5.41, 5.74) is 5.90. The van der Waals surface area contributed by atoms with E-state index in [2.05, 4.69) is 104 Å². The van der Waals surface area contributed by atoms with E-state index in [9.17, 15) is 4.79 Å². The Labute approximate surface area is 194 Å². The number of carbonyl (C=O) groups excluding carboxylic acids is 1. The van der Waals surface area contributed by atoms with Crippen molar-refractivity contribution in [1.82, 2.24) is 0 Å². The van der Waals surface area contributed by atoms with Gasteiger partial charge in [0.25, 0.3) is 0 Å². The predicted octanol–water partition coefficient (Wildman–Crippen LogP) is 7.37. The van der Waals surface area contributed by atoms with E-state index < -0.39 is 0 Å². The zero-order valence-corrected chi connectivity index (χ0v) is 18.7. The molecule has 0 N–H and O–H groups in total. The van der Waals surface area contributed by atoms with Gasteiger partial charge in [-0.25, -0.2) is 0 Å². The Morgan fingerprint density at radius 3 is 2.30 bits per heavy atom. The molecule has 0 saturated heterocycles. The molecule has 1 aliphatic heterocycles. The molecule has 1 aliphatic rings. The van der Waals surface area contributed by atoms with Crippen LogP contribution >= 0.6 is 0 Å². The second-order valence-corrected chi connectivity index (χ2v) is 8.99. The molecule has 6 rings (SSSR count). The molecule has 0 aliphatic carbocycles. The molecule has 2 nitrogen and oxygen atoms in total. The van der Waals surface area contributed by atoms with Gasteiger partial charge in [0.2, 0.25) is 5.91 Å². The maximum absolute atomic E-state index is 13.6. The maximum atomic E-state index is 13.6. The minimum atomic E-state index is 0.0383. The van der Waals surface area contributed by atoms with E-state index in [1.54, 1.807) is 0 Å². The highest BCUT2D eigenvalue weighted by Crippen LogP contribution is 2.45. The average molecular weight is 428 g/mol. The van der Waals surface area contributed by atoms with Crippen LogP contribution in [0.5, 0.6) is 0 Å². The van der Waals surface area contributed by atoms with Crippen LogP contribution in [0, 0.1) is 6.92 Å². The van der Waals surface area contributed by atoms with Crippen LogP contribution in [-0.4, -0.2) is 5.91 Å². The number of rotatable bonds is 3. The first-order valence-electron chi connectivity index (χ1n) is 11.5. The molecule has 1 heterocycles. The Hall–Kier alpha value is -3.91. The van der Waals surface area contributed by atoms with Crippen LogP contribution in [0.2, 0.25) is 0 Å². The third kappa shape index (κ3) is 3.39. The third-order valence-corrected chi connectivity index (χ3v) is 7.03. The number of carbonyl (C=O) groups is 1. The monoisotopic (exact) mass is 427 g/mol. The molecule has 0 aromatic heterocycles. The Bertz CT molecular complexity index is 1520. The summed E-state index contributed by atoms with van der Waals surface area (Å²) in [6.07, 6.45) is 0.477. The number of benzene rings is 5. The standard InChI is InChI=1S/C31H25NO/c1-21-8-2-3-12-26(21)20-32-29-17-16-23-10-6-7-13-27(23)31(29)28(19-30(32)33)25-15-14-22-9-4-5-11-24(22)18-25/h2-18,28H,19-20H2,1H3. The van der Waals surface area contributed by atoms with E-state index >= 15 is 0 Å². The second-order valence-electron chi connectivity index (χ2n) is 8.99. The summed E-state index contributed by atoms with van der Waals surface area (Å²) in [5.74, 6) is 0.218. The van der Waals surface area contributed by atoms with Gasteiger partial charge in [0, 0.05) is 18.0 Å².